The molecule has 0 saturated heterocycles. The van der Waals surface area contributed by atoms with Crippen LogP contribution in [0.4, 0.5) is 0 Å². The van der Waals surface area contributed by atoms with Gasteiger partial charge in [-0.1, -0.05) is 48.6 Å². The lowest BCUT2D eigenvalue weighted by Gasteiger charge is -2.10. The van der Waals surface area contributed by atoms with Crippen LogP contribution in [0.25, 0.3) is 17.2 Å². The first kappa shape index (κ1) is 11.7. The third-order valence-electron chi connectivity index (χ3n) is 3.06. The molecule has 0 atom stereocenters. The first-order valence-corrected chi connectivity index (χ1v) is 6.01. The topological polar surface area (TPSA) is 0 Å². The Bertz CT molecular complexity index is 548. The van der Waals surface area contributed by atoms with Gasteiger partial charge in [0.2, 0.25) is 0 Å². The molecule has 0 heteroatoms. The minimum Gasteiger partial charge on any atom is -0.0871 e. The Morgan fingerprint density at radius 3 is 2.24 bits per heavy atom. The SMILES string of the molecule is C/C=C/c1ccc(C)c(-c2ccccc2C)c1. The van der Waals surface area contributed by atoms with Gasteiger partial charge in [0.05, 0.1) is 0 Å². The zero-order valence-electron chi connectivity index (χ0n) is 10.7. The van der Waals surface area contributed by atoms with E-state index in [4.69, 9.17) is 0 Å². The molecule has 0 fully saturated rings. The average molecular weight is 222 g/mol. The van der Waals surface area contributed by atoms with E-state index in [1.807, 2.05) is 6.92 Å². The number of aryl methyl sites for hydroxylation is 2. The van der Waals surface area contributed by atoms with Crippen molar-refractivity contribution < 1.29 is 0 Å². The van der Waals surface area contributed by atoms with Crippen LogP contribution in [0, 0.1) is 13.8 Å². The maximum absolute atomic E-state index is 2.26. The molecule has 0 aliphatic rings. The lowest BCUT2D eigenvalue weighted by molar-refractivity contribution is 1.40. The molecule has 2 aromatic rings. The number of hydrogen-bond acceptors (Lipinski definition) is 0. The summed E-state index contributed by atoms with van der Waals surface area (Å²) in [5, 5.41) is 0. The summed E-state index contributed by atoms with van der Waals surface area (Å²) in [7, 11) is 0. The van der Waals surface area contributed by atoms with E-state index in [0.29, 0.717) is 0 Å². The Labute approximate surface area is 104 Å². The molecular formula is C17H18. The summed E-state index contributed by atoms with van der Waals surface area (Å²) < 4.78 is 0. The molecule has 17 heavy (non-hydrogen) atoms. The molecule has 86 valence electrons. The molecule has 0 heterocycles. The molecule has 0 amide bonds. The van der Waals surface area contributed by atoms with Crippen molar-refractivity contribution in [2.24, 2.45) is 0 Å². The van der Waals surface area contributed by atoms with Crippen molar-refractivity contribution in [3.05, 3.63) is 65.2 Å². The first-order chi connectivity index (χ1) is 8.22. The van der Waals surface area contributed by atoms with Crippen LogP contribution in [0.2, 0.25) is 0 Å². The fourth-order valence-electron chi connectivity index (χ4n) is 2.10. The van der Waals surface area contributed by atoms with Crippen LogP contribution in [0.3, 0.4) is 0 Å². The summed E-state index contributed by atoms with van der Waals surface area (Å²) in [6.45, 7) is 6.38. The first-order valence-electron chi connectivity index (χ1n) is 6.01. The highest BCUT2D eigenvalue weighted by Crippen LogP contribution is 2.27. The van der Waals surface area contributed by atoms with Crippen molar-refractivity contribution in [3.63, 3.8) is 0 Å². The van der Waals surface area contributed by atoms with Crippen LogP contribution < -0.4 is 0 Å². The zero-order chi connectivity index (χ0) is 12.3. The highest BCUT2D eigenvalue weighted by atomic mass is 14.1. The van der Waals surface area contributed by atoms with Gasteiger partial charge < -0.3 is 0 Å². The third kappa shape index (κ3) is 2.47. The molecule has 0 unspecified atom stereocenters. The van der Waals surface area contributed by atoms with Gasteiger partial charge in [-0.2, -0.15) is 0 Å². The van der Waals surface area contributed by atoms with Gasteiger partial charge in [-0.25, -0.2) is 0 Å². The predicted octanol–water partition coefficient (Wildman–Crippen LogP) is 5.00. The molecule has 2 rings (SSSR count). The molecule has 0 aliphatic heterocycles. The Hall–Kier alpha value is -1.82. The highest BCUT2D eigenvalue weighted by Gasteiger charge is 2.04. The van der Waals surface area contributed by atoms with Crippen LogP contribution >= 0.6 is 0 Å². The smallest absolute Gasteiger partial charge is 0.0146 e. The van der Waals surface area contributed by atoms with Gasteiger partial charge in [0, 0.05) is 0 Å². The summed E-state index contributed by atoms with van der Waals surface area (Å²) in [6.07, 6.45) is 4.22. The van der Waals surface area contributed by atoms with Gasteiger partial charge in [0.1, 0.15) is 0 Å². The van der Waals surface area contributed by atoms with E-state index in [9.17, 15) is 0 Å². The molecular weight excluding hydrogens is 204 g/mol. The van der Waals surface area contributed by atoms with Crippen molar-refractivity contribution in [1.29, 1.82) is 0 Å². The van der Waals surface area contributed by atoms with Crippen molar-refractivity contribution in [2.75, 3.05) is 0 Å². The molecule has 0 aliphatic carbocycles. The standard InChI is InChI=1S/C17H18/c1-4-7-15-11-10-14(3)17(12-15)16-9-6-5-8-13(16)2/h4-12H,1-3H3/b7-4+. The summed E-state index contributed by atoms with van der Waals surface area (Å²) in [5.74, 6) is 0. The highest BCUT2D eigenvalue weighted by molar-refractivity contribution is 5.73. The van der Waals surface area contributed by atoms with Gasteiger partial charge in [0.15, 0.2) is 0 Å². The Morgan fingerprint density at radius 1 is 0.824 bits per heavy atom. The predicted molar refractivity (Wildman–Crippen MR) is 76.1 cm³/mol. The van der Waals surface area contributed by atoms with Crippen LogP contribution in [0.1, 0.15) is 23.6 Å². The largest absolute Gasteiger partial charge is 0.0871 e. The number of benzene rings is 2. The van der Waals surface area contributed by atoms with Gasteiger partial charge in [-0.15, -0.1) is 0 Å². The molecule has 0 spiro atoms. The van der Waals surface area contributed by atoms with E-state index in [-0.39, 0.29) is 0 Å². The molecule has 0 radical (unpaired) electrons. The van der Waals surface area contributed by atoms with Crippen LogP contribution in [0.5, 0.6) is 0 Å². The summed E-state index contributed by atoms with van der Waals surface area (Å²) >= 11 is 0. The van der Waals surface area contributed by atoms with Crippen molar-refractivity contribution in [1.82, 2.24) is 0 Å². The van der Waals surface area contributed by atoms with Crippen molar-refractivity contribution in [2.45, 2.75) is 20.8 Å². The minimum absolute atomic E-state index is 1.26. The number of rotatable bonds is 2. The molecule has 2 aromatic carbocycles. The minimum atomic E-state index is 1.26. The lowest BCUT2D eigenvalue weighted by atomic mass is 9.95. The zero-order valence-corrected chi connectivity index (χ0v) is 10.7. The third-order valence-corrected chi connectivity index (χ3v) is 3.06. The van der Waals surface area contributed by atoms with E-state index < -0.39 is 0 Å². The van der Waals surface area contributed by atoms with Crippen LogP contribution in [0.15, 0.2) is 48.5 Å². The second kappa shape index (κ2) is 5.01. The monoisotopic (exact) mass is 222 g/mol. The van der Waals surface area contributed by atoms with E-state index >= 15 is 0 Å². The van der Waals surface area contributed by atoms with Gasteiger partial charge in [0.25, 0.3) is 0 Å². The average Bonchev–Trinajstić information content (AvgIpc) is 2.33. The van der Waals surface area contributed by atoms with Gasteiger partial charge in [-0.05, 0) is 54.7 Å². The second-order valence-electron chi connectivity index (χ2n) is 4.39. The summed E-state index contributed by atoms with van der Waals surface area (Å²) in [6, 6.07) is 15.2. The van der Waals surface area contributed by atoms with E-state index in [1.54, 1.807) is 0 Å². The lowest BCUT2D eigenvalue weighted by Crippen LogP contribution is -1.87. The fourth-order valence-corrected chi connectivity index (χ4v) is 2.10. The Kier molecular flexibility index (Phi) is 3.43. The van der Waals surface area contributed by atoms with Crippen LogP contribution in [-0.2, 0) is 0 Å². The maximum Gasteiger partial charge on any atom is -0.0146 e. The number of allylic oxidation sites excluding steroid dienone is 1. The fraction of sp³-hybridized carbons (Fsp3) is 0.176. The van der Waals surface area contributed by atoms with E-state index in [0.717, 1.165) is 0 Å². The summed E-state index contributed by atoms with van der Waals surface area (Å²) in [4.78, 5) is 0. The van der Waals surface area contributed by atoms with E-state index in [2.05, 4.69) is 68.5 Å². The molecule has 0 aromatic heterocycles. The maximum atomic E-state index is 2.26. The van der Waals surface area contributed by atoms with Gasteiger partial charge in [-0.3, -0.25) is 0 Å². The normalized spacial score (nSPS) is 11.0. The van der Waals surface area contributed by atoms with Crippen molar-refractivity contribution >= 4 is 6.08 Å². The van der Waals surface area contributed by atoms with Crippen LogP contribution in [-0.4, -0.2) is 0 Å². The molecule has 0 bridgehead atoms. The molecule has 0 saturated carbocycles. The second-order valence-corrected chi connectivity index (χ2v) is 4.39. The molecule has 0 N–H and O–H groups in total. The Morgan fingerprint density at radius 2 is 1.53 bits per heavy atom. The molecule has 0 nitrogen and oxygen atoms in total. The summed E-state index contributed by atoms with van der Waals surface area (Å²) in [5.41, 5.74) is 6.58. The quantitative estimate of drug-likeness (QED) is 0.670. The van der Waals surface area contributed by atoms with Gasteiger partial charge >= 0.3 is 0 Å². The van der Waals surface area contributed by atoms with Crippen molar-refractivity contribution in [3.8, 4) is 11.1 Å². The Balaban J connectivity index is 2.58. The number of hydrogen-bond donors (Lipinski definition) is 0. The van der Waals surface area contributed by atoms with E-state index in [1.165, 1.54) is 27.8 Å².